The van der Waals surface area contributed by atoms with Crippen molar-refractivity contribution < 1.29 is 26.7 Å². The van der Waals surface area contributed by atoms with Gasteiger partial charge in [-0.25, -0.2) is 21.6 Å². The van der Waals surface area contributed by atoms with Crippen molar-refractivity contribution in [2.45, 2.75) is 24.1 Å². The average Bonchev–Trinajstić information content (AvgIpc) is 2.65. The van der Waals surface area contributed by atoms with Gasteiger partial charge in [0.05, 0.1) is 16.8 Å². The molecule has 1 aliphatic rings. The third-order valence-corrected chi connectivity index (χ3v) is 7.36. The molecule has 0 aromatic rings. The molecule has 1 saturated heterocycles. The van der Waals surface area contributed by atoms with E-state index in [1.165, 1.54) is 11.8 Å². The van der Waals surface area contributed by atoms with Crippen LogP contribution in [-0.4, -0.2) is 62.7 Å². The number of sulfonamides is 1. The van der Waals surface area contributed by atoms with Crippen LogP contribution in [0.3, 0.4) is 0 Å². The number of sulfone groups is 1. The lowest BCUT2D eigenvalue weighted by Crippen LogP contribution is -2.45. The molecule has 0 saturated carbocycles. The second-order valence-corrected chi connectivity index (χ2v) is 9.57. The summed E-state index contributed by atoms with van der Waals surface area (Å²) in [6.07, 6.45) is 1.97. The van der Waals surface area contributed by atoms with Crippen molar-refractivity contribution in [3.05, 3.63) is 0 Å². The summed E-state index contributed by atoms with van der Waals surface area (Å²) in [7, 11) is -7.25. The first-order valence-electron chi connectivity index (χ1n) is 5.61. The fraction of sp³-hybridized carbons (Fsp3) is 0.889. The quantitative estimate of drug-likeness (QED) is 0.633. The number of rotatable bonds is 7. The SMILES string of the molecule is CSCCC(NS(=O)(=O)C1CCS(=O)(=O)C1)C(=O)O. The molecule has 0 aliphatic carbocycles. The molecule has 19 heavy (non-hydrogen) atoms. The largest absolute Gasteiger partial charge is 0.480 e. The molecule has 7 nitrogen and oxygen atoms in total. The highest BCUT2D eigenvalue weighted by molar-refractivity contribution is 7.98. The fourth-order valence-electron chi connectivity index (χ4n) is 1.77. The second kappa shape index (κ2) is 6.42. The van der Waals surface area contributed by atoms with Crippen molar-refractivity contribution >= 4 is 37.6 Å². The lowest BCUT2D eigenvalue weighted by molar-refractivity contribution is -0.139. The van der Waals surface area contributed by atoms with E-state index in [1.807, 2.05) is 0 Å². The van der Waals surface area contributed by atoms with Crippen molar-refractivity contribution in [3.8, 4) is 0 Å². The van der Waals surface area contributed by atoms with E-state index in [-0.39, 0.29) is 18.6 Å². The number of carbonyl (C=O) groups is 1. The molecule has 0 radical (unpaired) electrons. The van der Waals surface area contributed by atoms with Crippen LogP contribution < -0.4 is 4.72 Å². The first-order chi connectivity index (χ1) is 8.68. The van der Waals surface area contributed by atoms with Crippen LogP contribution in [0.5, 0.6) is 0 Å². The van der Waals surface area contributed by atoms with Gasteiger partial charge in [-0.05, 0) is 24.9 Å². The Kier molecular flexibility index (Phi) is 5.65. The number of thioether (sulfide) groups is 1. The summed E-state index contributed by atoms with van der Waals surface area (Å²) in [5.74, 6) is -1.35. The van der Waals surface area contributed by atoms with Crippen molar-refractivity contribution in [2.75, 3.05) is 23.5 Å². The fourth-order valence-corrected chi connectivity index (χ4v) is 6.51. The summed E-state index contributed by atoms with van der Waals surface area (Å²) in [6, 6.07) is -1.21. The molecule has 1 heterocycles. The minimum Gasteiger partial charge on any atom is -0.480 e. The van der Waals surface area contributed by atoms with E-state index >= 15 is 0 Å². The Bertz CT molecular complexity index is 526. The summed E-state index contributed by atoms with van der Waals surface area (Å²) < 4.78 is 48.5. The third-order valence-electron chi connectivity index (χ3n) is 2.84. The van der Waals surface area contributed by atoms with Gasteiger partial charge in [0.1, 0.15) is 6.04 Å². The van der Waals surface area contributed by atoms with Crippen LogP contribution in [0.25, 0.3) is 0 Å². The van der Waals surface area contributed by atoms with Crippen molar-refractivity contribution in [2.24, 2.45) is 0 Å². The first-order valence-corrected chi connectivity index (χ1v) is 10.4. The maximum Gasteiger partial charge on any atom is 0.321 e. The van der Waals surface area contributed by atoms with Gasteiger partial charge < -0.3 is 5.11 Å². The topological polar surface area (TPSA) is 118 Å². The predicted molar refractivity (Wildman–Crippen MR) is 73.5 cm³/mol. The zero-order chi connectivity index (χ0) is 14.7. The Labute approximate surface area is 117 Å². The summed E-state index contributed by atoms with van der Waals surface area (Å²) in [6.45, 7) is 0. The molecular formula is C9H17NO6S3. The van der Waals surface area contributed by atoms with E-state index in [0.717, 1.165) is 0 Å². The van der Waals surface area contributed by atoms with Crippen LogP contribution in [0.15, 0.2) is 0 Å². The van der Waals surface area contributed by atoms with Crippen LogP contribution in [0, 0.1) is 0 Å². The van der Waals surface area contributed by atoms with Crippen LogP contribution in [0.1, 0.15) is 12.8 Å². The van der Waals surface area contributed by atoms with E-state index in [0.29, 0.717) is 5.75 Å². The molecule has 0 aromatic carbocycles. The average molecular weight is 331 g/mol. The highest BCUT2D eigenvalue weighted by atomic mass is 32.2. The Morgan fingerprint density at radius 1 is 1.53 bits per heavy atom. The third kappa shape index (κ3) is 4.93. The van der Waals surface area contributed by atoms with Gasteiger partial charge in [0, 0.05) is 0 Å². The molecule has 0 aromatic heterocycles. The number of hydrogen-bond acceptors (Lipinski definition) is 6. The molecule has 1 rings (SSSR count). The van der Waals surface area contributed by atoms with Gasteiger partial charge in [0.15, 0.2) is 9.84 Å². The van der Waals surface area contributed by atoms with Gasteiger partial charge in [0.2, 0.25) is 10.0 Å². The van der Waals surface area contributed by atoms with E-state index in [1.54, 1.807) is 6.26 Å². The van der Waals surface area contributed by atoms with Gasteiger partial charge in [0.25, 0.3) is 0 Å². The monoisotopic (exact) mass is 331 g/mol. The molecular weight excluding hydrogens is 314 g/mol. The normalized spacial score (nSPS) is 24.2. The van der Waals surface area contributed by atoms with Gasteiger partial charge in [-0.3, -0.25) is 4.79 Å². The van der Waals surface area contributed by atoms with Gasteiger partial charge >= 0.3 is 5.97 Å². The minimum absolute atomic E-state index is 0.0204. The minimum atomic E-state index is -3.92. The molecule has 0 spiro atoms. The smallest absolute Gasteiger partial charge is 0.321 e. The van der Waals surface area contributed by atoms with Crippen LogP contribution in [0.4, 0.5) is 0 Å². The van der Waals surface area contributed by atoms with Gasteiger partial charge in [-0.15, -0.1) is 0 Å². The summed E-state index contributed by atoms with van der Waals surface area (Å²) in [4.78, 5) is 11.0. The maximum atomic E-state index is 12.0. The highest BCUT2D eigenvalue weighted by Crippen LogP contribution is 2.19. The number of hydrogen-bond donors (Lipinski definition) is 2. The number of nitrogens with one attached hydrogen (secondary N) is 1. The standard InChI is InChI=1S/C9H17NO6S3/c1-17-4-2-8(9(11)12)10-19(15,16)7-3-5-18(13,14)6-7/h7-8,10H,2-6H2,1H3,(H,11,12). The lowest BCUT2D eigenvalue weighted by Gasteiger charge is -2.17. The van der Waals surface area contributed by atoms with Gasteiger partial charge in [-0.1, -0.05) is 0 Å². The summed E-state index contributed by atoms with van der Waals surface area (Å²) in [5.41, 5.74) is 0. The predicted octanol–water partition coefficient (Wildman–Crippen LogP) is -0.701. The molecule has 10 heteroatoms. The second-order valence-electron chi connectivity index (χ2n) is 4.36. The molecule has 0 amide bonds. The zero-order valence-electron chi connectivity index (χ0n) is 10.4. The van der Waals surface area contributed by atoms with E-state index in [9.17, 15) is 21.6 Å². The van der Waals surface area contributed by atoms with Gasteiger partial charge in [-0.2, -0.15) is 11.8 Å². The number of carboxylic acid groups (broad SMARTS) is 1. The van der Waals surface area contributed by atoms with Crippen LogP contribution >= 0.6 is 11.8 Å². The zero-order valence-corrected chi connectivity index (χ0v) is 12.9. The molecule has 2 atom stereocenters. The molecule has 1 fully saturated rings. The van der Waals surface area contributed by atoms with Crippen LogP contribution in [0.2, 0.25) is 0 Å². The Hall–Kier alpha value is -0.320. The molecule has 112 valence electrons. The maximum absolute atomic E-state index is 12.0. The molecule has 2 N–H and O–H groups in total. The summed E-state index contributed by atoms with van der Waals surface area (Å²) in [5, 5.41) is 7.91. The first kappa shape index (κ1) is 16.7. The van der Waals surface area contributed by atoms with Crippen molar-refractivity contribution in [3.63, 3.8) is 0 Å². The van der Waals surface area contributed by atoms with E-state index in [4.69, 9.17) is 5.11 Å². The van der Waals surface area contributed by atoms with Crippen LogP contribution in [-0.2, 0) is 24.7 Å². The lowest BCUT2D eigenvalue weighted by atomic mass is 10.2. The molecule has 1 aliphatic heterocycles. The Balaban J connectivity index is 2.75. The molecule has 2 unspecified atom stereocenters. The number of aliphatic carboxylic acids is 1. The Morgan fingerprint density at radius 3 is 2.58 bits per heavy atom. The summed E-state index contributed by atoms with van der Waals surface area (Å²) >= 11 is 1.41. The van der Waals surface area contributed by atoms with E-state index < -0.39 is 42.9 Å². The Morgan fingerprint density at radius 2 is 2.16 bits per heavy atom. The van der Waals surface area contributed by atoms with Crippen molar-refractivity contribution in [1.82, 2.24) is 4.72 Å². The van der Waals surface area contributed by atoms with E-state index in [2.05, 4.69) is 4.72 Å². The molecule has 0 bridgehead atoms. The van der Waals surface area contributed by atoms with Crippen molar-refractivity contribution in [1.29, 1.82) is 0 Å². The highest BCUT2D eigenvalue weighted by Gasteiger charge is 2.38. The number of carboxylic acids is 1.